The normalized spacial score (nSPS) is 14.5. The summed E-state index contributed by atoms with van der Waals surface area (Å²) in [5, 5.41) is 0. The molecular formula is C20H29N5O2. The van der Waals surface area contributed by atoms with Crippen molar-refractivity contribution in [2.75, 3.05) is 49.1 Å². The average Bonchev–Trinajstić information content (AvgIpc) is 3.22. The first kappa shape index (κ1) is 19.2. The van der Waals surface area contributed by atoms with E-state index in [9.17, 15) is 4.79 Å². The molecular weight excluding hydrogens is 342 g/mol. The number of aromatic nitrogens is 2. The molecule has 0 aliphatic carbocycles. The van der Waals surface area contributed by atoms with Gasteiger partial charge in [-0.15, -0.1) is 0 Å². The molecule has 1 aliphatic rings. The van der Waals surface area contributed by atoms with Gasteiger partial charge in [0.05, 0.1) is 6.26 Å². The number of nitrogens with zero attached hydrogens (tertiary/aromatic N) is 5. The highest BCUT2D eigenvalue weighted by Gasteiger charge is 2.25. The Balaban J connectivity index is 1.69. The number of aryl methyl sites for hydroxylation is 1. The van der Waals surface area contributed by atoms with Crippen molar-refractivity contribution in [1.82, 2.24) is 14.9 Å². The quantitative estimate of drug-likeness (QED) is 0.745. The maximum Gasteiger partial charge on any atom is 0.289 e. The summed E-state index contributed by atoms with van der Waals surface area (Å²) in [6.45, 7) is 11.1. The van der Waals surface area contributed by atoms with E-state index in [1.165, 1.54) is 6.26 Å². The van der Waals surface area contributed by atoms with Crippen LogP contribution in [0.15, 0.2) is 28.9 Å². The predicted molar refractivity (Wildman–Crippen MR) is 106 cm³/mol. The number of amides is 1. The fourth-order valence-corrected chi connectivity index (χ4v) is 3.39. The van der Waals surface area contributed by atoms with Crippen molar-refractivity contribution in [2.45, 2.75) is 33.6 Å². The van der Waals surface area contributed by atoms with Crippen molar-refractivity contribution in [3.8, 4) is 0 Å². The fourth-order valence-electron chi connectivity index (χ4n) is 3.39. The molecule has 1 amide bonds. The van der Waals surface area contributed by atoms with Crippen LogP contribution >= 0.6 is 0 Å². The number of piperazine rings is 1. The lowest BCUT2D eigenvalue weighted by atomic mass is 10.3. The van der Waals surface area contributed by atoms with Crippen LogP contribution in [0.3, 0.4) is 0 Å². The van der Waals surface area contributed by atoms with Crippen molar-refractivity contribution in [3.05, 3.63) is 35.9 Å². The first-order valence-electron chi connectivity index (χ1n) is 9.80. The van der Waals surface area contributed by atoms with Crippen LogP contribution in [0, 0.1) is 6.92 Å². The van der Waals surface area contributed by atoms with Gasteiger partial charge >= 0.3 is 0 Å². The standard InChI is InChI=1S/C20H29N5O2/c1-4-8-23(9-5-2)18-15-16(3)21-20(22-18)25-12-10-24(11-13-25)19(26)17-7-6-14-27-17/h6-7,14-15H,4-5,8-13H2,1-3H3. The van der Waals surface area contributed by atoms with Crippen LogP contribution in [0.1, 0.15) is 42.9 Å². The first-order chi connectivity index (χ1) is 13.1. The van der Waals surface area contributed by atoms with E-state index in [1.54, 1.807) is 12.1 Å². The van der Waals surface area contributed by atoms with E-state index in [4.69, 9.17) is 9.40 Å². The zero-order chi connectivity index (χ0) is 19.2. The van der Waals surface area contributed by atoms with E-state index < -0.39 is 0 Å². The maximum absolute atomic E-state index is 12.4. The van der Waals surface area contributed by atoms with Crippen LogP contribution < -0.4 is 9.80 Å². The Hall–Kier alpha value is -2.57. The molecule has 3 rings (SSSR count). The van der Waals surface area contributed by atoms with E-state index >= 15 is 0 Å². The minimum absolute atomic E-state index is 0.0532. The molecule has 0 saturated carbocycles. The van der Waals surface area contributed by atoms with Gasteiger partial charge in [0.1, 0.15) is 5.82 Å². The molecule has 7 heteroatoms. The number of anilines is 2. The Morgan fingerprint density at radius 2 is 1.85 bits per heavy atom. The Labute approximate surface area is 161 Å². The third kappa shape index (κ3) is 4.59. The number of furan rings is 1. The molecule has 3 heterocycles. The molecule has 1 aliphatic heterocycles. The zero-order valence-corrected chi connectivity index (χ0v) is 16.5. The van der Waals surface area contributed by atoms with Gasteiger partial charge in [-0.3, -0.25) is 4.79 Å². The van der Waals surface area contributed by atoms with Crippen LogP contribution in [0.5, 0.6) is 0 Å². The lowest BCUT2D eigenvalue weighted by Gasteiger charge is -2.35. The van der Waals surface area contributed by atoms with Gasteiger partial charge in [0.2, 0.25) is 5.95 Å². The van der Waals surface area contributed by atoms with Gasteiger partial charge in [-0.1, -0.05) is 13.8 Å². The average molecular weight is 371 g/mol. The van der Waals surface area contributed by atoms with Gasteiger partial charge in [0, 0.05) is 51.0 Å². The lowest BCUT2D eigenvalue weighted by molar-refractivity contribution is 0.0714. The summed E-state index contributed by atoms with van der Waals surface area (Å²) in [7, 11) is 0. The second-order valence-corrected chi connectivity index (χ2v) is 6.91. The van der Waals surface area contributed by atoms with Crippen LogP contribution in [0.4, 0.5) is 11.8 Å². The van der Waals surface area contributed by atoms with Crippen LogP contribution in [-0.4, -0.2) is 60.0 Å². The molecule has 1 fully saturated rings. The van der Waals surface area contributed by atoms with E-state index in [0.717, 1.165) is 56.5 Å². The summed E-state index contributed by atoms with van der Waals surface area (Å²) in [5.41, 5.74) is 0.973. The monoisotopic (exact) mass is 371 g/mol. The summed E-state index contributed by atoms with van der Waals surface area (Å²) >= 11 is 0. The molecule has 146 valence electrons. The number of carbonyl (C=O) groups excluding carboxylic acids is 1. The highest BCUT2D eigenvalue weighted by molar-refractivity contribution is 5.91. The van der Waals surface area contributed by atoms with Gasteiger partial charge in [0.25, 0.3) is 5.91 Å². The van der Waals surface area contributed by atoms with Crippen LogP contribution in [-0.2, 0) is 0 Å². The second kappa shape index (κ2) is 8.88. The van der Waals surface area contributed by atoms with Crippen LogP contribution in [0.2, 0.25) is 0 Å². The maximum atomic E-state index is 12.4. The topological polar surface area (TPSA) is 65.7 Å². The first-order valence-corrected chi connectivity index (χ1v) is 9.80. The summed E-state index contributed by atoms with van der Waals surface area (Å²) < 4.78 is 5.23. The molecule has 7 nitrogen and oxygen atoms in total. The third-order valence-corrected chi connectivity index (χ3v) is 4.72. The predicted octanol–water partition coefficient (Wildman–Crippen LogP) is 2.97. The molecule has 1 saturated heterocycles. The summed E-state index contributed by atoms with van der Waals surface area (Å²) in [6.07, 6.45) is 3.71. The molecule has 27 heavy (non-hydrogen) atoms. The Morgan fingerprint density at radius 3 is 2.44 bits per heavy atom. The van der Waals surface area contributed by atoms with Crippen molar-refractivity contribution in [2.24, 2.45) is 0 Å². The van der Waals surface area contributed by atoms with Gasteiger partial charge in [-0.05, 0) is 31.9 Å². The molecule has 2 aromatic heterocycles. The summed E-state index contributed by atoms with van der Waals surface area (Å²) in [4.78, 5) is 28.2. The Morgan fingerprint density at radius 1 is 1.15 bits per heavy atom. The van der Waals surface area contributed by atoms with E-state index in [1.807, 2.05) is 11.8 Å². The van der Waals surface area contributed by atoms with Gasteiger partial charge in [-0.2, -0.15) is 4.98 Å². The van der Waals surface area contributed by atoms with Crippen molar-refractivity contribution >= 4 is 17.7 Å². The number of hydrogen-bond acceptors (Lipinski definition) is 6. The van der Waals surface area contributed by atoms with Crippen molar-refractivity contribution in [3.63, 3.8) is 0 Å². The molecule has 0 aromatic carbocycles. The number of hydrogen-bond donors (Lipinski definition) is 0. The summed E-state index contributed by atoms with van der Waals surface area (Å²) in [5.74, 6) is 2.09. The van der Waals surface area contributed by atoms with E-state index in [-0.39, 0.29) is 5.91 Å². The van der Waals surface area contributed by atoms with E-state index in [0.29, 0.717) is 18.8 Å². The van der Waals surface area contributed by atoms with Gasteiger partial charge < -0.3 is 19.1 Å². The number of rotatable bonds is 7. The fraction of sp³-hybridized carbons (Fsp3) is 0.550. The Kier molecular flexibility index (Phi) is 6.32. The summed E-state index contributed by atoms with van der Waals surface area (Å²) in [6, 6.07) is 5.51. The highest BCUT2D eigenvalue weighted by Crippen LogP contribution is 2.20. The van der Waals surface area contributed by atoms with E-state index in [2.05, 4.69) is 34.7 Å². The minimum Gasteiger partial charge on any atom is -0.459 e. The molecule has 0 unspecified atom stereocenters. The molecule has 0 spiro atoms. The van der Waals surface area contributed by atoms with Crippen LogP contribution in [0.25, 0.3) is 0 Å². The zero-order valence-electron chi connectivity index (χ0n) is 16.5. The third-order valence-electron chi connectivity index (χ3n) is 4.72. The Bertz CT molecular complexity index is 733. The second-order valence-electron chi connectivity index (χ2n) is 6.91. The molecule has 0 bridgehead atoms. The van der Waals surface area contributed by atoms with Gasteiger partial charge in [-0.25, -0.2) is 4.98 Å². The van der Waals surface area contributed by atoms with Crippen molar-refractivity contribution in [1.29, 1.82) is 0 Å². The smallest absolute Gasteiger partial charge is 0.289 e. The van der Waals surface area contributed by atoms with Crippen molar-refractivity contribution < 1.29 is 9.21 Å². The largest absolute Gasteiger partial charge is 0.459 e. The minimum atomic E-state index is -0.0532. The molecule has 2 aromatic rings. The lowest BCUT2D eigenvalue weighted by Crippen LogP contribution is -2.49. The highest BCUT2D eigenvalue weighted by atomic mass is 16.3. The SMILES string of the molecule is CCCN(CCC)c1cc(C)nc(N2CCN(C(=O)c3ccco3)CC2)n1. The number of carbonyl (C=O) groups is 1. The van der Waals surface area contributed by atoms with Gasteiger partial charge in [0.15, 0.2) is 5.76 Å². The molecule has 0 radical (unpaired) electrons. The molecule has 0 atom stereocenters. The molecule has 0 N–H and O–H groups in total.